The van der Waals surface area contributed by atoms with E-state index in [-0.39, 0.29) is 29.7 Å². The molecule has 86 valence electrons. The first-order valence-electron chi connectivity index (χ1n) is 5.29. The van der Waals surface area contributed by atoms with Gasteiger partial charge in [-0.3, -0.25) is 19.7 Å². The van der Waals surface area contributed by atoms with E-state index in [2.05, 4.69) is 10.6 Å². The highest BCUT2D eigenvalue weighted by molar-refractivity contribution is 6.06. The monoisotopic (exact) mass is 222 g/mol. The molecule has 0 spiro atoms. The molecule has 3 amide bonds. The zero-order valence-corrected chi connectivity index (χ0v) is 9.24. The molecule has 1 heterocycles. The number of allylic oxidation sites excluding steroid dienone is 1. The van der Waals surface area contributed by atoms with Crippen molar-refractivity contribution in [2.24, 2.45) is 11.8 Å². The molecule has 2 rings (SSSR count). The summed E-state index contributed by atoms with van der Waals surface area (Å²) in [4.78, 5) is 34.2. The van der Waals surface area contributed by atoms with Crippen LogP contribution in [-0.4, -0.2) is 23.8 Å². The van der Waals surface area contributed by atoms with Crippen molar-refractivity contribution in [3.05, 3.63) is 11.6 Å². The first-order chi connectivity index (χ1) is 7.50. The Morgan fingerprint density at radius 2 is 2.12 bits per heavy atom. The summed E-state index contributed by atoms with van der Waals surface area (Å²) in [6.07, 6.45) is 2.49. The van der Waals surface area contributed by atoms with Gasteiger partial charge in [-0.2, -0.15) is 0 Å². The van der Waals surface area contributed by atoms with Gasteiger partial charge in [0, 0.05) is 6.92 Å². The second-order valence-electron chi connectivity index (χ2n) is 4.35. The lowest BCUT2D eigenvalue weighted by atomic mass is 9.78. The van der Waals surface area contributed by atoms with Gasteiger partial charge < -0.3 is 5.32 Å². The number of hydrogen-bond acceptors (Lipinski definition) is 3. The maximum Gasteiger partial charge on any atom is 0.232 e. The molecule has 0 radical (unpaired) electrons. The Morgan fingerprint density at radius 1 is 1.44 bits per heavy atom. The molecule has 5 heteroatoms. The Hall–Kier alpha value is -1.65. The minimum atomic E-state index is -0.443. The van der Waals surface area contributed by atoms with Crippen molar-refractivity contribution in [2.45, 2.75) is 26.3 Å². The number of nitrogens with one attached hydrogen (secondary N) is 2. The quantitative estimate of drug-likeness (QED) is 0.473. The SMILES string of the molecule is CC(=O)N[C@@H]1C(C)=CC[C@@H]2C(=O)NC(=O)[C@@H]21. The van der Waals surface area contributed by atoms with Crippen LogP contribution in [0.5, 0.6) is 0 Å². The van der Waals surface area contributed by atoms with Gasteiger partial charge in [0.25, 0.3) is 0 Å². The van der Waals surface area contributed by atoms with Crippen LogP contribution in [-0.2, 0) is 14.4 Å². The van der Waals surface area contributed by atoms with Crippen LogP contribution in [0.3, 0.4) is 0 Å². The van der Waals surface area contributed by atoms with Crippen molar-refractivity contribution in [2.75, 3.05) is 0 Å². The van der Waals surface area contributed by atoms with Crippen molar-refractivity contribution in [3.63, 3.8) is 0 Å². The molecule has 1 aliphatic heterocycles. The largest absolute Gasteiger partial charge is 0.349 e. The smallest absolute Gasteiger partial charge is 0.232 e. The van der Waals surface area contributed by atoms with Gasteiger partial charge in [-0.1, -0.05) is 11.6 Å². The number of carbonyl (C=O) groups is 3. The van der Waals surface area contributed by atoms with Gasteiger partial charge in [0.1, 0.15) is 0 Å². The predicted molar refractivity (Wildman–Crippen MR) is 56.1 cm³/mol. The third kappa shape index (κ3) is 1.62. The van der Waals surface area contributed by atoms with Crippen LogP contribution < -0.4 is 10.6 Å². The Labute approximate surface area is 93.3 Å². The summed E-state index contributed by atoms with van der Waals surface area (Å²) in [6, 6.07) is -0.345. The summed E-state index contributed by atoms with van der Waals surface area (Å²) in [7, 11) is 0. The van der Waals surface area contributed by atoms with E-state index >= 15 is 0 Å². The molecule has 0 aromatic carbocycles. The molecule has 0 saturated carbocycles. The highest BCUT2D eigenvalue weighted by Crippen LogP contribution is 2.33. The lowest BCUT2D eigenvalue weighted by Crippen LogP contribution is -2.46. The Kier molecular flexibility index (Phi) is 2.53. The summed E-state index contributed by atoms with van der Waals surface area (Å²) >= 11 is 0. The maximum atomic E-state index is 11.6. The summed E-state index contributed by atoms with van der Waals surface area (Å²) in [5, 5.41) is 5.05. The van der Waals surface area contributed by atoms with E-state index in [1.165, 1.54) is 6.92 Å². The molecule has 1 fully saturated rings. The van der Waals surface area contributed by atoms with Crippen LogP contribution in [0, 0.1) is 11.8 Å². The Morgan fingerprint density at radius 3 is 2.75 bits per heavy atom. The molecule has 1 saturated heterocycles. The fourth-order valence-electron chi connectivity index (χ4n) is 2.43. The molecule has 2 aliphatic rings. The minimum absolute atomic E-state index is 0.189. The van der Waals surface area contributed by atoms with Gasteiger partial charge in [-0.25, -0.2) is 0 Å². The molecular formula is C11H14N2O3. The van der Waals surface area contributed by atoms with Crippen LogP contribution in [0.4, 0.5) is 0 Å². The fourth-order valence-corrected chi connectivity index (χ4v) is 2.43. The molecule has 0 aromatic heterocycles. The van der Waals surface area contributed by atoms with Crippen LogP contribution in [0.1, 0.15) is 20.3 Å². The number of fused-ring (bicyclic) bond motifs is 1. The van der Waals surface area contributed by atoms with Gasteiger partial charge >= 0.3 is 0 Å². The highest BCUT2D eigenvalue weighted by atomic mass is 16.2. The first-order valence-corrected chi connectivity index (χ1v) is 5.29. The standard InChI is InChI=1S/C11H14N2O3/c1-5-3-4-7-8(9(5)12-6(2)14)11(16)13-10(7)15/h3,7-9H,4H2,1-2H3,(H,12,14)(H,13,15,16)/t7-,8-,9+/m0/s1. The second-order valence-corrected chi connectivity index (χ2v) is 4.35. The molecule has 2 N–H and O–H groups in total. The number of imide groups is 1. The van der Waals surface area contributed by atoms with Crippen LogP contribution in [0.15, 0.2) is 11.6 Å². The molecule has 3 atom stereocenters. The van der Waals surface area contributed by atoms with Crippen LogP contribution in [0.2, 0.25) is 0 Å². The van der Waals surface area contributed by atoms with Gasteiger partial charge in [0.05, 0.1) is 17.9 Å². The first kappa shape index (κ1) is 10.9. The van der Waals surface area contributed by atoms with Crippen molar-refractivity contribution < 1.29 is 14.4 Å². The summed E-state index contributed by atoms with van der Waals surface area (Å²) in [6.45, 7) is 3.28. The molecule has 0 bridgehead atoms. The average molecular weight is 222 g/mol. The van der Waals surface area contributed by atoms with E-state index in [9.17, 15) is 14.4 Å². The number of carbonyl (C=O) groups excluding carboxylic acids is 3. The third-order valence-electron chi connectivity index (χ3n) is 3.22. The number of hydrogen-bond donors (Lipinski definition) is 2. The molecule has 16 heavy (non-hydrogen) atoms. The summed E-state index contributed by atoms with van der Waals surface area (Å²) in [5.74, 6) is -1.46. The van der Waals surface area contributed by atoms with Crippen molar-refractivity contribution in [1.82, 2.24) is 10.6 Å². The van der Waals surface area contributed by atoms with Crippen molar-refractivity contribution >= 4 is 17.7 Å². The van der Waals surface area contributed by atoms with E-state index in [4.69, 9.17) is 0 Å². The van der Waals surface area contributed by atoms with E-state index in [0.29, 0.717) is 6.42 Å². The highest BCUT2D eigenvalue weighted by Gasteiger charge is 2.48. The normalized spacial score (nSPS) is 32.9. The molecule has 0 aromatic rings. The Bertz CT molecular complexity index is 400. The third-order valence-corrected chi connectivity index (χ3v) is 3.22. The minimum Gasteiger partial charge on any atom is -0.349 e. The van der Waals surface area contributed by atoms with E-state index < -0.39 is 5.92 Å². The second kappa shape index (κ2) is 3.73. The fraction of sp³-hybridized carbons (Fsp3) is 0.545. The van der Waals surface area contributed by atoms with Gasteiger partial charge in [-0.05, 0) is 13.3 Å². The van der Waals surface area contributed by atoms with Gasteiger partial charge in [0.15, 0.2) is 0 Å². The van der Waals surface area contributed by atoms with Crippen molar-refractivity contribution in [1.29, 1.82) is 0 Å². The number of amides is 3. The predicted octanol–water partition coefficient (Wildman–Crippen LogP) is -0.270. The average Bonchev–Trinajstić information content (AvgIpc) is 2.46. The van der Waals surface area contributed by atoms with E-state index in [0.717, 1.165) is 5.57 Å². The van der Waals surface area contributed by atoms with Crippen LogP contribution >= 0.6 is 0 Å². The lowest BCUT2D eigenvalue weighted by Gasteiger charge is -2.30. The van der Waals surface area contributed by atoms with Gasteiger partial charge in [0.2, 0.25) is 17.7 Å². The summed E-state index contributed by atoms with van der Waals surface area (Å²) in [5.41, 5.74) is 0.946. The van der Waals surface area contributed by atoms with Crippen molar-refractivity contribution in [3.8, 4) is 0 Å². The summed E-state index contributed by atoms with van der Waals surface area (Å²) < 4.78 is 0. The van der Waals surface area contributed by atoms with E-state index in [1.54, 1.807) is 0 Å². The zero-order chi connectivity index (χ0) is 11.9. The molecule has 1 aliphatic carbocycles. The lowest BCUT2D eigenvalue weighted by molar-refractivity contribution is -0.126. The number of rotatable bonds is 1. The maximum absolute atomic E-state index is 11.6. The molecule has 5 nitrogen and oxygen atoms in total. The zero-order valence-electron chi connectivity index (χ0n) is 9.24. The van der Waals surface area contributed by atoms with E-state index in [1.807, 2.05) is 13.0 Å². The van der Waals surface area contributed by atoms with Gasteiger partial charge in [-0.15, -0.1) is 0 Å². The Balaban J connectivity index is 2.30. The topological polar surface area (TPSA) is 75.3 Å². The molecular weight excluding hydrogens is 208 g/mol. The molecule has 0 unspecified atom stereocenters. The van der Waals surface area contributed by atoms with Crippen LogP contribution in [0.25, 0.3) is 0 Å².